The van der Waals surface area contributed by atoms with Crippen LogP contribution in [0.25, 0.3) is 0 Å². The first-order chi connectivity index (χ1) is 12.8. The Balaban J connectivity index is 2.28. The van der Waals surface area contributed by atoms with Crippen LogP contribution in [0.4, 0.5) is 18.0 Å². The highest BCUT2D eigenvalue weighted by atomic mass is 32.2. The van der Waals surface area contributed by atoms with Gasteiger partial charge in [0.15, 0.2) is 9.84 Å². The molecule has 1 aromatic carbocycles. The highest BCUT2D eigenvalue weighted by molar-refractivity contribution is 7.93. The predicted octanol–water partition coefficient (Wildman–Crippen LogP) is 3.83. The van der Waals surface area contributed by atoms with E-state index < -0.39 is 39.5 Å². The number of nitrogens with one attached hydrogen (secondary N) is 1. The Bertz CT molecular complexity index is 825. The van der Waals surface area contributed by atoms with Crippen LogP contribution in [-0.2, 0) is 15.4 Å². The van der Waals surface area contributed by atoms with Gasteiger partial charge in [0.25, 0.3) is 0 Å². The summed E-state index contributed by atoms with van der Waals surface area (Å²) in [5, 5.41) is 3.65. The van der Waals surface area contributed by atoms with E-state index in [-0.39, 0.29) is 19.4 Å². The number of halogens is 3. The molecule has 2 amide bonds. The molecule has 0 aromatic heterocycles. The van der Waals surface area contributed by atoms with Crippen LogP contribution in [0.1, 0.15) is 32.3 Å². The number of sulfone groups is 1. The molecule has 28 heavy (non-hydrogen) atoms. The number of piperidine rings is 1. The fraction of sp³-hybridized carbons (Fsp3) is 0.526. The number of hydrogen-bond donors (Lipinski definition) is 1. The Morgan fingerprint density at radius 3 is 2.46 bits per heavy atom. The summed E-state index contributed by atoms with van der Waals surface area (Å²) >= 11 is 0. The first-order valence-electron chi connectivity index (χ1n) is 8.91. The molecule has 2 rings (SSSR count). The monoisotopic (exact) mass is 418 g/mol. The van der Waals surface area contributed by atoms with E-state index in [1.807, 2.05) is 0 Å². The van der Waals surface area contributed by atoms with Crippen molar-refractivity contribution in [1.82, 2.24) is 10.2 Å². The third kappa shape index (κ3) is 5.50. The van der Waals surface area contributed by atoms with Gasteiger partial charge < -0.3 is 10.2 Å². The second-order valence-electron chi connectivity index (χ2n) is 7.42. The van der Waals surface area contributed by atoms with E-state index in [4.69, 9.17) is 0 Å². The zero-order valence-electron chi connectivity index (χ0n) is 16.0. The quantitative estimate of drug-likeness (QED) is 0.808. The SMILES string of the molecule is C[C@@H](/C=C/S(C)(=O)=O)NC(=O)N1CC[C@@H](C(F)(F)F)C[C@@]1(C)c1ccccc1. The first-order valence-corrected chi connectivity index (χ1v) is 10.9. The average molecular weight is 418 g/mol. The van der Waals surface area contributed by atoms with E-state index in [0.29, 0.717) is 5.56 Å². The van der Waals surface area contributed by atoms with E-state index in [1.165, 1.54) is 11.0 Å². The number of hydrogen-bond acceptors (Lipinski definition) is 3. The number of likely N-dealkylation sites (tertiary alicyclic amines) is 1. The Hall–Kier alpha value is -2.03. The van der Waals surface area contributed by atoms with Crippen molar-refractivity contribution in [3.05, 3.63) is 47.4 Å². The second kappa shape index (κ2) is 8.14. The van der Waals surface area contributed by atoms with Gasteiger partial charge in [0.2, 0.25) is 0 Å². The molecule has 1 heterocycles. The number of carbonyl (C=O) groups is 1. The van der Waals surface area contributed by atoms with Crippen molar-refractivity contribution in [2.75, 3.05) is 12.8 Å². The van der Waals surface area contributed by atoms with Crippen molar-refractivity contribution in [2.24, 2.45) is 5.92 Å². The number of rotatable bonds is 4. The molecule has 0 radical (unpaired) electrons. The summed E-state index contributed by atoms with van der Waals surface area (Å²) in [5.74, 6) is -1.50. The minimum atomic E-state index is -4.33. The summed E-state index contributed by atoms with van der Waals surface area (Å²) in [4.78, 5) is 14.2. The number of benzene rings is 1. The molecule has 156 valence electrons. The summed E-state index contributed by atoms with van der Waals surface area (Å²) in [6, 6.07) is 7.52. The fourth-order valence-corrected chi connectivity index (χ4v) is 4.00. The van der Waals surface area contributed by atoms with Crippen molar-refractivity contribution in [3.63, 3.8) is 0 Å². The van der Waals surface area contributed by atoms with Gasteiger partial charge in [-0.05, 0) is 32.3 Å². The van der Waals surface area contributed by atoms with Crippen molar-refractivity contribution >= 4 is 15.9 Å². The largest absolute Gasteiger partial charge is 0.391 e. The lowest BCUT2D eigenvalue weighted by Gasteiger charge is -2.48. The van der Waals surface area contributed by atoms with Gasteiger partial charge in [-0.3, -0.25) is 0 Å². The van der Waals surface area contributed by atoms with Crippen molar-refractivity contribution in [1.29, 1.82) is 0 Å². The number of urea groups is 1. The van der Waals surface area contributed by atoms with Crippen LogP contribution < -0.4 is 5.32 Å². The summed E-state index contributed by atoms with van der Waals surface area (Å²) in [6.45, 7) is 3.18. The molecular weight excluding hydrogens is 393 g/mol. The summed E-state index contributed by atoms with van der Waals surface area (Å²) in [5.41, 5.74) is -0.511. The van der Waals surface area contributed by atoms with Crippen LogP contribution >= 0.6 is 0 Å². The summed E-state index contributed by atoms with van der Waals surface area (Å²) < 4.78 is 62.5. The lowest BCUT2D eigenvalue weighted by molar-refractivity contribution is -0.194. The Morgan fingerprint density at radius 2 is 1.93 bits per heavy atom. The molecular formula is C19H25F3N2O3S. The first kappa shape index (κ1) is 22.3. The average Bonchev–Trinajstić information content (AvgIpc) is 2.59. The Morgan fingerprint density at radius 1 is 1.32 bits per heavy atom. The maximum absolute atomic E-state index is 13.4. The van der Waals surface area contributed by atoms with Crippen molar-refractivity contribution < 1.29 is 26.4 Å². The van der Waals surface area contributed by atoms with Gasteiger partial charge in [0, 0.05) is 24.3 Å². The van der Waals surface area contributed by atoms with Gasteiger partial charge in [-0.25, -0.2) is 13.2 Å². The Labute approximate surface area is 163 Å². The molecule has 0 bridgehead atoms. The number of alkyl halides is 3. The molecule has 1 aromatic rings. The summed E-state index contributed by atoms with van der Waals surface area (Å²) in [6.07, 6.45) is -2.37. The number of amides is 2. The number of nitrogens with zero attached hydrogens (tertiary/aromatic N) is 1. The maximum Gasteiger partial charge on any atom is 0.391 e. The molecule has 0 aliphatic carbocycles. The Kier molecular flexibility index (Phi) is 6.48. The van der Waals surface area contributed by atoms with Crippen LogP contribution in [0.3, 0.4) is 0 Å². The van der Waals surface area contributed by atoms with Crippen LogP contribution in [0, 0.1) is 5.92 Å². The molecule has 9 heteroatoms. The van der Waals surface area contributed by atoms with Gasteiger partial charge in [-0.15, -0.1) is 0 Å². The molecule has 1 fully saturated rings. The summed E-state index contributed by atoms with van der Waals surface area (Å²) in [7, 11) is -3.34. The molecule has 0 spiro atoms. The molecule has 1 aliphatic heterocycles. The molecule has 1 N–H and O–H groups in total. The molecule has 0 unspecified atom stereocenters. The zero-order chi connectivity index (χ0) is 21.2. The highest BCUT2D eigenvalue weighted by Gasteiger charge is 2.50. The third-order valence-electron chi connectivity index (χ3n) is 5.01. The highest BCUT2D eigenvalue weighted by Crippen LogP contribution is 2.45. The lowest BCUT2D eigenvalue weighted by Crippen LogP contribution is -2.58. The van der Waals surface area contributed by atoms with E-state index in [2.05, 4.69) is 5.32 Å². The molecule has 1 aliphatic rings. The predicted molar refractivity (Wildman–Crippen MR) is 101 cm³/mol. The van der Waals surface area contributed by atoms with E-state index in [0.717, 1.165) is 11.7 Å². The molecule has 0 saturated carbocycles. The van der Waals surface area contributed by atoms with Gasteiger partial charge in [-0.1, -0.05) is 36.4 Å². The fourth-order valence-electron chi connectivity index (χ4n) is 3.48. The maximum atomic E-state index is 13.4. The van der Waals surface area contributed by atoms with Gasteiger partial charge in [0.1, 0.15) is 0 Å². The molecule has 1 saturated heterocycles. The van der Waals surface area contributed by atoms with Crippen LogP contribution in [0.5, 0.6) is 0 Å². The topological polar surface area (TPSA) is 66.5 Å². The minimum Gasteiger partial charge on any atom is -0.332 e. The zero-order valence-corrected chi connectivity index (χ0v) is 16.8. The van der Waals surface area contributed by atoms with E-state index in [1.54, 1.807) is 44.2 Å². The van der Waals surface area contributed by atoms with Crippen LogP contribution in [-0.4, -0.2) is 44.4 Å². The molecule has 3 atom stereocenters. The minimum absolute atomic E-state index is 0.0517. The smallest absolute Gasteiger partial charge is 0.332 e. The van der Waals surface area contributed by atoms with E-state index >= 15 is 0 Å². The third-order valence-corrected chi connectivity index (χ3v) is 5.66. The van der Waals surface area contributed by atoms with Crippen molar-refractivity contribution in [2.45, 2.75) is 44.4 Å². The van der Waals surface area contributed by atoms with Crippen LogP contribution in [0.2, 0.25) is 0 Å². The van der Waals surface area contributed by atoms with E-state index in [9.17, 15) is 26.4 Å². The van der Waals surface area contributed by atoms with Crippen molar-refractivity contribution in [3.8, 4) is 0 Å². The number of carbonyl (C=O) groups excluding carboxylic acids is 1. The standard InChI is InChI=1S/C19H25F3N2O3S/c1-14(10-12-28(3,26)27)23-17(25)24-11-9-16(19(20,21)22)13-18(24,2)15-7-5-4-6-8-15/h4-8,10,12,14,16H,9,11,13H2,1-3H3,(H,23,25)/b12-10+/t14-,16+,18-/m0/s1. The normalized spacial score (nSPS) is 24.9. The lowest BCUT2D eigenvalue weighted by atomic mass is 9.76. The van der Waals surface area contributed by atoms with Gasteiger partial charge in [-0.2, -0.15) is 13.2 Å². The second-order valence-corrected chi connectivity index (χ2v) is 9.35. The van der Waals surface area contributed by atoms with Crippen LogP contribution in [0.15, 0.2) is 41.8 Å². The molecule has 5 nitrogen and oxygen atoms in total. The van der Waals surface area contributed by atoms with Gasteiger partial charge >= 0.3 is 12.2 Å². The van der Waals surface area contributed by atoms with Gasteiger partial charge in [0.05, 0.1) is 11.5 Å².